The van der Waals surface area contributed by atoms with E-state index < -0.39 is 24.3 Å². The highest BCUT2D eigenvalue weighted by molar-refractivity contribution is 6.33. The van der Waals surface area contributed by atoms with Crippen LogP contribution in [-0.4, -0.2) is 18.5 Å². The van der Waals surface area contributed by atoms with Gasteiger partial charge >= 0.3 is 5.97 Å². The maximum Gasteiger partial charge on any atom is 0.338 e. The molecule has 2 rings (SSSR count). The van der Waals surface area contributed by atoms with Crippen LogP contribution >= 0.6 is 11.6 Å². The quantitative estimate of drug-likeness (QED) is 0.862. The van der Waals surface area contributed by atoms with Crippen molar-refractivity contribution in [1.82, 2.24) is 0 Å². The zero-order valence-corrected chi connectivity index (χ0v) is 13.4. The van der Waals surface area contributed by atoms with Crippen LogP contribution in [0.25, 0.3) is 0 Å². The van der Waals surface area contributed by atoms with Crippen molar-refractivity contribution in [2.45, 2.75) is 13.8 Å². The van der Waals surface area contributed by atoms with E-state index >= 15 is 0 Å². The minimum Gasteiger partial charge on any atom is -0.452 e. The van der Waals surface area contributed by atoms with Crippen molar-refractivity contribution in [3.8, 4) is 0 Å². The van der Waals surface area contributed by atoms with Crippen molar-refractivity contribution in [3.05, 3.63) is 63.9 Å². The Labute approximate surface area is 138 Å². The first-order chi connectivity index (χ1) is 10.9. The molecule has 2 aromatic rings. The summed E-state index contributed by atoms with van der Waals surface area (Å²) in [7, 11) is 0. The average Bonchev–Trinajstić information content (AvgIpc) is 2.51. The van der Waals surface area contributed by atoms with Gasteiger partial charge in [-0.15, -0.1) is 0 Å². The lowest BCUT2D eigenvalue weighted by Gasteiger charge is -2.09. The van der Waals surface area contributed by atoms with E-state index in [1.54, 1.807) is 18.2 Å². The van der Waals surface area contributed by atoms with Crippen molar-refractivity contribution in [1.29, 1.82) is 0 Å². The zero-order chi connectivity index (χ0) is 17.0. The van der Waals surface area contributed by atoms with Crippen LogP contribution in [-0.2, 0) is 9.53 Å². The van der Waals surface area contributed by atoms with Gasteiger partial charge in [0.15, 0.2) is 6.61 Å². The Hall–Kier alpha value is -2.40. The molecular formula is C17H15ClFNO3. The lowest BCUT2D eigenvalue weighted by molar-refractivity contribution is -0.119. The second-order valence-corrected chi connectivity index (χ2v) is 5.45. The number of rotatable bonds is 4. The van der Waals surface area contributed by atoms with Gasteiger partial charge in [-0.25, -0.2) is 9.18 Å². The van der Waals surface area contributed by atoms with Crippen LogP contribution in [0.15, 0.2) is 36.4 Å². The summed E-state index contributed by atoms with van der Waals surface area (Å²) in [5.74, 6) is -1.74. The Bertz CT molecular complexity index is 761. The lowest BCUT2D eigenvalue weighted by atomic mass is 10.1. The van der Waals surface area contributed by atoms with E-state index in [1.807, 2.05) is 13.8 Å². The van der Waals surface area contributed by atoms with Gasteiger partial charge in [-0.1, -0.05) is 17.7 Å². The van der Waals surface area contributed by atoms with Crippen LogP contribution in [0.3, 0.4) is 0 Å². The van der Waals surface area contributed by atoms with Crippen LogP contribution < -0.4 is 5.32 Å². The number of carbonyl (C=O) groups excluding carboxylic acids is 2. The zero-order valence-electron chi connectivity index (χ0n) is 12.7. The van der Waals surface area contributed by atoms with Gasteiger partial charge in [0.25, 0.3) is 5.91 Å². The molecule has 0 radical (unpaired) electrons. The fourth-order valence-electron chi connectivity index (χ4n) is 1.86. The van der Waals surface area contributed by atoms with Crippen molar-refractivity contribution < 1.29 is 18.7 Å². The molecule has 0 saturated carbocycles. The molecule has 120 valence electrons. The van der Waals surface area contributed by atoms with E-state index in [0.29, 0.717) is 5.56 Å². The standard InChI is InChI=1S/C17H15ClFNO3/c1-10-3-4-12(7-11(10)2)17(22)23-9-16(21)20-15-8-13(19)5-6-14(15)18/h3-8H,9H2,1-2H3,(H,20,21). The summed E-state index contributed by atoms with van der Waals surface area (Å²) in [6.45, 7) is 3.32. The average molecular weight is 336 g/mol. The summed E-state index contributed by atoms with van der Waals surface area (Å²) in [5, 5.41) is 2.58. The van der Waals surface area contributed by atoms with Gasteiger partial charge in [0.05, 0.1) is 16.3 Å². The van der Waals surface area contributed by atoms with Gasteiger partial charge in [0.1, 0.15) is 5.82 Å². The number of nitrogens with one attached hydrogen (secondary N) is 1. The molecule has 1 amide bonds. The molecule has 1 N–H and O–H groups in total. The van der Waals surface area contributed by atoms with E-state index in [1.165, 1.54) is 12.1 Å². The van der Waals surface area contributed by atoms with Crippen LogP contribution in [0.2, 0.25) is 5.02 Å². The van der Waals surface area contributed by atoms with E-state index in [0.717, 1.165) is 17.2 Å². The van der Waals surface area contributed by atoms with E-state index in [9.17, 15) is 14.0 Å². The summed E-state index contributed by atoms with van der Waals surface area (Å²) in [5.41, 5.74) is 2.50. The van der Waals surface area contributed by atoms with Crippen LogP contribution in [0.4, 0.5) is 10.1 Å². The lowest BCUT2D eigenvalue weighted by Crippen LogP contribution is -2.21. The normalized spacial score (nSPS) is 10.3. The van der Waals surface area contributed by atoms with Gasteiger partial charge in [-0.05, 0) is 55.3 Å². The fraction of sp³-hybridized carbons (Fsp3) is 0.176. The van der Waals surface area contributed by atoms with Gasteiger partial charge in [0.2, 0.25) is 0 Å². The minimum atomic E-state index is -0.603. The highest BCUT2D eigenvalue weighted by atomic mass is 35.5. The number of aryl methyl sites for hydroxylation is 2. The van der Waals surface area contributed by atoms with Crippen LogP contribution in [0, 0.1) is 19.7 Å². The third-order valence-electron chi connectivity index (χ3n) is 3.28. The van der Waals surface area contributed by atoms with Gasteiger partial charge < -0.3 is 10.1 Å². The first-order valence-electron chi connectivity index (χ1n) is 6.86. The van der Waals surface area contributed by atoms with E-state index in [4.69, 9.17) is 16.3 Å². The molecular weight excluding hydrogens is 321 g/mol. The predicted molar refractivity (Wildman–Crippen MR) is 86.2 cm³/mol. The predicted octanol–water partition coefficient (Wildman–Crippen LogP) is 3.89. The topological polar surface area (TPSA) is 55.4 Å². The number of hydrogen-bond acceptors (Lipinski definition) is 3. The number of ether oxygens (including phenoxy) is 1. The highest BCUT2D eigenvalue weighted by Crippen LogP contribution is 2.22. The molecule has 0 spiro atoms. The molecule has 4 nitrogen and oxygen atoms in total. The maximum atomic E-state index is 13.1. The van der Waals surface area contributed by atoms with Gasteiger partial charge in [0, 0.05) is 0 Å². The number of halogens is 2. The van der Waals surface area contributed by atoms with Gasteiger partial charge in [-0.2, -0.15) is 0 Å². The summed E-state index contributed by atoms with van der Waals surface area (Å²) in [4.78, 5) is 23.7. The van der Waals surface area contributed by atoms with Crippen molar-refractivity contribution in [3.63, 3.8) is 0 Å². The summed E-state index contributed by atoms with van der Waals surface area (Å²) in [6.07, 6.45) is 0. The fourth-order valence-corrected chi connectivity index (χ4v) is 2.03. The minimum absolute atomic E-state index is 0.124. The van der Waals surface area contributed by atoms with E-state index in [2.05, 4.69) is 5.32 Å². The summed E-state index contributed by atoms with van der Waals surface area (Å²) < 4.78 is 18.0. The summed E-state index contributed by atoms with van der Waals surface area (Å²) in [6, 6.07) is 8.72. The second-order valence-electron chi connectivity index (χ2n) is 5.05. The molecule has 6 heteroatoms. The Balaban J connectivity index is 1.94. The Kier molecular flexibility index (Phi) is 5.34. The molecule has 0 aliphatic carbocycles. The van der Waals surface area contributed by atoms with Crippen LogP contribution in [0.1, 0.15) is 21.5 Å². The van der Waals surface area contributed by atoms with Crippen LogP contribution in [0.5, 0.6) is 0 Å². The number of benzene rings is 2. The SMILES string of the molecule is Cc1ccc(C(=O)OCC(=O)Nc2cc(F)ccc2Cl)cc1C. The second kappa shape index (κ2) is 7.24. The first kappa shape index (κ1) is 17.0. The Morgan fingerprint density at radius 1 is 1.13 bits per heavy atom. The molecule has 0 saturated heterocycles. The monoisotopic (exact) mass is 335 g/mol. The molecule has 0 bridgehead atoms. The molecule has 0 atom stereocenters. The number of esters is 1. The Morgan fingerprint density at radius 2 is 1.87 bits per heavy atom. The van der Waals surface area contributed by atoms with Crippen molar-refractivity contribution >= 4 is 29.2 Å². The molecule has 0 aliphatic heterocycles. The van der Waals surface area contributed by atoms with E-state index in [-0.39, 0.29) is 10.7 Å². The maximum absolute atomic E-state index is 13.1. The van der Waals surface area contributed by atoms with Crippen molar-refractivity contribution in [2.75, 3.05) is 11.9 Å². The molecule has 0 aliphatic rings. The Morgan fingerprint density at radius 3 is 2.57 bits per heavy atom. The molecule has 0 aromatic heterocycles. The largest absolute Gasteiger partial charge is 0.452 e. The molecule has 2 aromatic carbocycles. The molecule has 0 unspecified atom stereocenters. The third-order valence-corrected chi connectivity index (χ3v) is 3.61. The van der Waals surface area contributed by atoms with Crippen molar-refractivity contribution in [2.24, 2.45) is 0 Å². The number of anilines is 1. The smallest absolute Gasteiger partial charge is 0.338 e. The molecule has 23 heavy (non-hydrogen) atoms. The molecule has 0 heterocycles. The number of hydrogen-bond donors (Lipinski definition) is 1. The van der Waals surface area contributed by atoms with Gasteiger partial charge in [-0.3, -0.25) is 4.79 Å². The number of carbonyl (C=O) groups is 2. The molecule has 0 fully saturated rings. The first-order valence-corrected chi connectivity index (χ1v) is 7.24. The summed E-state index contributed by atoms with van der Waals surface area (Å²) >= 11 is 5.84. The highest BCUT2D eigenvalue weighted by Gasteiger charge is 2.12. The number of amides is 1. The third kappa shape index (κ3) is 4.53.